The normalized spacial score (nSPS) is 11.1. The standard InChI is InChI=1S/C15H22N4S/c1-11(2)17-8-13-6-5-7-16-15(13)19(4)9-14-12(3)18-10-20-14/h5-7,10-11,17H,8-9H2,1-4H3. The van der Waals surface area contributed by atoms with Crippen molar-refractivity contribution in [1.29, 1.82) is 0 Å². The topological polar surface area (TPSA) is 41.1 Å². The van der Waals surface area contributed by atoms with Crippen molar-refractivity contribution in [3.8, 4) is 0 Å². The Morgan fingerprint density at radius 1 is 1.35 bits per heavy atom. The van der Waals surface area contributed by atoms with Crippen molar-refractivity contribution >= 4 is 17.2 Å². The highest BCUT2D eigenvalue weighted by atomic mass is 32.1. The number of hydrogen-bond acceptors (Lipinski definition) is 5. The minimum atomic E-state index is 0.470. The summed E-state index contributed by atoms with van der Waals surface area (Å²) in [4.78, 5) is 12.3. The van der Waals surface area contributed by atoms with Gasteiger partial charge < -0.3 is 10.2 Å². The number of hydrogen-bond donors (Lipinski definition) is 1. The van der Waals surface area contributed by atoms with E-state index in [2.05, 4.69) is 54.1 Å². The maximum atomic E-state index is 4.54. The molecule has 0 unspecified atom stereocenters. The number of pyridine rings is 1. The summed E-state index contributed by atoms with van der Waals surface area (Å²) in [7, 11) is 2.08. The lowest BCUT2D eigenvalue weighted by Gasteiger charge is -2.21. The fourth-order valence-electron chi connectivity index (χ4n) is 1.99. The van der Waals surface area contributed by atoms with Gasteiger partial charge in [0.1, 0.15) is 5.82 Å². The van der Waals surface area contributed by atoms with Crippen LogP contribution in [0.5, 0.6) is 0 Å². The van der Waals surface area contributed by atoms with Gasteiger partial charge in [-0.15, -0.1) is 11.3 Å². The molecule has 0 saturated carbocycles. The Kier molecular flexibility index (Phi) is 5.09. The molecule has 0 saturated heterocycles. The van der Waals surface area contributed by atoms with Gasteiger partial charge >= 0.3 is 0 Å². The van der Waals surface area contributed by atoms with E-state index in [1.807, 2.05) is 17.8 Å². The van der Waals surface area contributed by atoms with Crippen LogP contribution >= 0.6 is 11.3 Å². The van der Waals surface area contributed by atoms with Crippen LogP contribution in [-0.4, -0.2) is 23.1 Å². The second kappa shape index (κ2) is 6.81. The molecule has 4 nitrogen and oxygen atoms in total. The molecule has 0 bridgehead atoms. The Morgan fingerprint density at radius 2 is 2.15 bits per heavy atom. The van der Waals surface area contributed by atoms with E-state index >= 15 is 0 Å². The molecule has 108 valence electrons. The Bertz CT molecular complexity index is 550. The number of thiazole rings is 1. The third-order valence-corrected chi connectivity index (χ3v) is 4.08. The van der Waals surface area contributed by atoms with Crippen LogP contribution in [0, 0.1) is 6.92 Å². The molecule has 2 aromatic rings. The van der Waals surface area contributed by atoms with E-state index in [0.717, 1.165) is 24.6 Å². The van der Waals surface area contributed by atoms with Crippen molar-refractivity contribution < 1.29 is 0 Å². The first-order valence-corrected chi connectivity index (χ1v) is 7.73. The van der Waals surface area contributed by atoms with E-state index in [9.17, 15) is 0 Å². The van der Waals surface area contributed by atoms with Crippen LogP contribution in [0.15, 0.2) is 23.8 Å². The van der Waals surface area contributed by atoms with E-state index in [4.69, 9.17) is 0 Å². The fraction of sp³-hybridized carbons (Fsp3) is 0.467. The molecule has 0 aliphatic carbocycles. The third kappa shape index (κ3) is 3.77. The number of nitrogens with zero attached hydrogens (tertiary/aromatic N) is 3. The average Bonchev–Trinajstić information content (AvgIpc) is 2.82. The zero-order valence-electron chi connectivity index (χ0n) is 12.6. The van der Waals surface area contributed by atoms with Crippen molar-refractivity contribution in [2.24, 2.45) is 0 Å². The van der Waals surface area contributed by atoms with Gasteiger partial charge in [-0.2, -0.15) is 0 Å². The van der Waals surface area contributed by atoms with Crippen molar-refractivity contribution in [3.63, 3.8) is 0 Å². The van der Waals surface area contributed by atoms with E-state index in [1.54, 1.807) is 11.3 Å². The third-order valence-electron chi connectivity index (χ3n) is 3.16. The maximum Gasteiger partial charge on any atom is 0.133 e. The van der Waals surface area contributed by atoms with Crippen molar-refractivity contribution in [2.45, 2.75) is 39.9 Å². The largest absolute Gasteiger partial charge is 0.354 e. The smallest absolute Gasteiger partial charge is 0.133 e. The summed E-state index contributed by atoms with van der Waals surface area (Å²) in [5, 5.41) is 3.45. The molecular weight excluding hydrogens is 268 g/mol. The summed E-state index contributed by atoms with van der Waals surface area (Å²) < 4.78 is 0. The van der Waals surface area contributed by atoms with Crippen LogP contribution in [0.4, 0.5) is 5.82 Å². The molecule has 2 rings (SSSR count). The monoisotopic (exact) mass is 290 g/mol. The van der Waals surface area contributed by atoms with Crippen molar-refractivity contribution in [1.82, 2.24) is 15.3 Å². The quantitative estimate of drug-likeness (QED) is 0.888. The summed E-state index contributed by atoms with van der Waals surface area (Å²) in [6.07, 6.45) is 1.85. The zero-order valence-corrected chi connectivity index (χ0v) is 13.4. The highest BCUT2D eigenvalue weighted by Gasteiger charge is 2.11. The SMILES string of the molecule is Cc1ncsc1CN(C)c1ncccc1CNC(C)C. The lowest BCUT2D eigenvalue weighted by Crippen LogP contribution is -2.25. The Hall–Kier alpha value is -1.46. The maximum absolute atomic E-state index is 4.54. The van der Waals surface area contributed by atoms with Crippen LogP contribution in [0.3, 0.4) is 0 Å². The van der Waals surface area contributed by atoms with Gasteiger partial charge in [0.2, 0.25) is 0 Å². The average molecular weight is 290 g/mol. The van der Waals surface area contributed by atoms with Gasteiger partial charge in [0.05, 0.1) is 17.7 Å². The molecule has 1 N–H and O–H groups in total. The second-order valence-corrected chi connectivity index (χ2v) is 6.18. The fourth-order valence-corrected chi connectivity index (χ4v) is 2.82. The van der Waals surface area contributed by atoms with Gasteiger partial charge in [-0.05, 0) is 13.0 Å². The Labute approximate surface area is 124 Å². The lowest BCUT2D eigenvalue weighted by atomic mass is 10.2. The van der Waals surface area contributed by atoms with Crippen LogP contribution in [0.2, 0.25) is 0 Å². The molecule has 0 spiro atoms. The number of rotatable bonds is 6. The van der Waals surface area contributed by atoms with Gasteiger partial charge in [0.15, 0.2) is 0 Å². The molecule has 0 aromatic carbocycles. The van der Waals surface area contributed by atoms with E-state index < -0.39 is 0 Å². The van der Waals surface area contributed by atoms with E-state index in [-0.39, 0.29) is 0 Å². The number of anilines is 1. The number of nitrogens with one attached hydrogen (secondary N) is 1. The summed E-state index contributed by atoms with van der Waals surface area (Å²) in [5.74, 6) is 1.04. The first kappa shape index (κ1) is 14.9. The first-order valence-electron chi connectivity index (χ1n) is 6.85. The minimum absolute atomic E-state index is 0.470. The van der Waals surface area contributed by atoms with Gasteiger partial charge in [-0.3, -0.25) is 0 Å². The predicted octanol–water partition coefficient (Wildman–Crippen LogP) is 2.98. The highest BCUT2D eigenvalue weighted by molar-refractivity contribution is 7.09. The molecule has 0 amide bonds. The molecule has 20 heavy (non-hydrogen) atoms. The lowest BCUT2D eigenvalue weighted by molar-refractivity contribution is 0.587. The molecule has 0 radical (unpaired) electrons. The first-order chi connectivity index (χ1) is 9.58. The van der Waals surface area contributed by atoms with Gasteiger partial charge in [0.25, 0.3) is 0 Å². The number of aryl methyl sites for hydroxylation is 1. The van der Waals surface area contributed by atoms with Gasteiger partial charge in [-0.25, -0.2) is 9.97 Å². The van der Waals surface area contributed by atoms with E-state index in [0.29, 0.717) is 6.04 Å². The van der Waals surface area contributed by atoms with Crippen molar-refractivity contribution in [2.75, 3.05) is 11.9 Å². The molecule has 0 aliphatic heterocycles. The summed E-state index contributed by atoms with van der Waals surface area (Å²) in [5.41, 5.74) is 4.24. The molecule has 0 fully saturated rings. The zero-order chi connectivity index (χ0) is 14.5. The van der Waals surface area contributed by atoms with E-state index in [1.165, 1.54) is 10.4 Å². The van der Waals surface area contributed by atoms with Crippen molar-refractivity contribution in [3.05, 3.63) is 40.0 Å². The predicted molar refractivity (Wildman–Crippen MR) is 85.2 cm³/mol. The van der Waals surface area contributed by atoms with Crippen LogP contribution in [-0.2, 0) is 13.1 Å². The molecular formula is C15H22N4S. The Morgan fingerprint density at radius 3 is 2.80 bits per heavy atom. The van der Waals surface area contributed by atoms with Crippen LogP contribution in [0.1, 0.15) is 30.0 Å². The van der Waals surface area contributed by atoms with Gasteiger partial charge in [-0.1, -0.05) is 19.9 Å². The summed E-state index contributed by atoms with van der Waals surface area (Å²) >= 11 is 1.70. The summed E-state index contributed by atoms with van der Waals surface area (Å²) in [6, 6.07) is 4.59. The highest BCUT2D eigenvalue weighted by Crippen LogP contribution is 2.21. The second-order valence-electron chi connectivity index (χ2n) is 5.24. The Balaban J connectivity index is 2.12. The molecule has 0 atom stereocenters. The molecule has 2 aromatic heterocycles. The molecule has 2 heterocycles. The number of aromatic nitrogens is 2. The molecule has 0 aliphatic rings. The minimum Gasteiger partial charge on any atom is -0.354 e. The molecule has 5 heteroatoms. The van der Waals surface area contributed by atoms with Gasteiger partial charge in [0, 0.05) is 36.3 Å². The van der Waals surface area contributed by atoms with Crippen LogP contribution < -0.4 is 10.2 Å². The van der Waals surface area contributed by atoms with Crippen LogP contribution in [0.25, 0.3) is 0 Å². The summed E-state index contributed by atoms with van der Waals surface area (Å²) in [6.45, 7) is 8.05.